The van der Waals surface area contributed by atoms with Crippen molar-refractivity contribution in [2.45, 2.75) is 85.0 Å². The average molecular weight is 657 g/mol. The fourth-order valence-electron chi connectivity index (χ4n) is 9.00. The van der Waals surface area contributed by atoms with Crippen molar-refractivity contribution < 1.29 is 0 Å². The van der Waals surface area contributed by atoms with Gasteiger partial charge in [-0.25, -0.2) is 0 Å². The number of rotatable bonds is 3. The van der Waals surface area contributed by atoms with Crippen LogP contribution in [0.4, 0.5) is 34.1 Å². The standard InChI is InChI=1S/C45H45BN2S/c1-27(2)30-20-21-37-34(24-30)46-41-38(47(37)35-16-11-9-14-28(35)3)18-13-19-39(41)48(36-17-12-10-15-29(36)4)42-31-25-32-33(26-40(31)49-43(42)46)45(7,8)23-22-44(32,5)6/h9-21,24-27H,22-23H2,1-8H3. The third-order valence-corrected chi connectivity index (χ3v) is 13.2. The summed E-state index contributed by atoms with van der Waals surface area (Å²) in [6, 6.07) is 37.3. The van der Waals surface area contributed by atoms with Crippen LogP contribution in [-0.4, -0.2) is 6.71 Å². The van der Waals surface area contributed by atoms with Gasteiger partial charge in [-0.3, -0.25) is 0 Å². The zero-order chi connectivity index (χ0) is 34.0. The molecule has 0 spiro atoms. The molecule has 0 saturated carbocycles. The first-order valence-electron chi connectivity index (χ1n) is 18.1. The zero-order valence-electron chi connectivity index (χ0n) is 30.1. The van der Waals surface area contributed by atoms with Gasteiger partial charge in [-0.2, -0.15) is 0 Å². The van der Waals surface area contributed by atoms with Crippen LogP contribution in [0.15, 0.2) is 97.1 Å². The van der Waals surface area contributed by atoms with Crippen molar-refractivity contribution in [3.05, 3.63) is 125 Å². The molecule has 0 bridgehead atoms. The maximum absolute atomic E-state index is 2.62. The molecule has 49 heavy (non-hydrogen) atoms. The summed E-state index contributed by atoms with van der Waals surface area (Å²) in [6.07, 6.45) is 2.43. The number of hydrogen-bond acceptors (Lipinski definition) is 3. The number of benzene rings is 5. The molecule has 0 unspecified atom stereocenters. The third-order valence-electron chi connectivity index (χ3n) is 12.0. The van der Waals surface area contributed by atoms with Crippen LogP contribution in [0.2, 0.25) is 0 Å². The monoisotopic (exact) mass is 656 g/mol. The highest BCUT2D eigenvalue weighted by Crippen LogP contribution is 2.52. The lowest BCUT2D eigenvalue weighted by Gasteiger charge is -2.44. The van der Waals surface area contributed by atoms with Crippen molar-refractivity contribution in [2.24, 2.45) is 0 Å². The Labute approximate surface area is 296 Å². The van der Waals surface area contributed by atoms with E-state index in [-0.39, 0.29) is 17.5 Å². The van der Waals surface area contributed by atoms with E-state index in [2.05, 4.69) is 162 Å². The molecule has 9 rings (SSSR count). The van der Waals surface area contributed by atoms with Crippen LogP contribution in [0.5, 0.6) is 0 Å². The van der Waals surface area contributed by atoms with Gasteiger partial charge in [0.1, 0.15) is 0 Å². The van der Waals surface area contributed by atoms with E-state index in [1.54, 1.807) is 0 Å². The first-order valence-corrected chi connectivity index (χ1v) is 18.9. The minimum atomic E-state index is 0.138. The largest absolute Gasteiger partial charge is 0.311 e. The van der Waals surface area contributed by atoms with E-state index < -0.39 is 0 Å². The highest BCUT2D eigenvalue weighted by atomic mass is 32.1. The minimum absolute atomic E-state index is 0.138. The molecule has 2 nitrogen and oxygen atoms in total. The Kier molecular flexibility index (Phi) is 6.66. The highest BCUT2D eigenvalue weighted by molar-refractivity contribution is 7.33. The number of hydrogen-bond donors (Lipinski definition) is 0. The minimum Gasteiger partial charge on any atom is -0.311 e. The van der Waals surface area contributed by atoms with E-state index in [1.807, 2.05) is 11.3 Å². The molecule has 3 heterocycles. The van der Waals surface area contributed by atoms with Crippen LogP contribution in [0, 0.1) is 13.8 Å². The Morgan fingerprint density at radius 2 is 1.20 bits per heavy atom. The van der Waals surface area contributed by atoms with E-state index in [4.69, 9.17) is 0 Å². The van der Waals surface area contributed by atoms with Gasteiger partial charge in [-0.1, -0.05) is 96.1 Å². The Morgan fingerprint density at radius 3 is 1.84 bits per heavy atom. The van der Waals surface area contributed by atoms with E-state index in [1.165, 1.54) is 101 Å². The summed E-state index contributed by atoms with van der Waals surface area (Å²) in [7, 11) is 0. The molecule has 4 heteroatoms. The van der Waals surface area contributed by atoms with Gasteiger partial charge in [0.15, 0.2) is 0 Å². The Bertz CT molecular complexity index is 2330. The van der Waals surface area contributed by atoms with Crippen LogP contribution >= 0.6 is 11.3 Å². The average Bonchev–Trinajstić information content (AvgIpc) is 3.45. The van der Waals surface area contributed by atoms with E-state index in [9.17, 15) is 0 Å². The van der Waals surface area contributed by atoms with Crippen LogP contribution in [0.1, 0.15) is 88.1 Å². The SMILES string of the molecule is Cc1ccccc1N1c2ccc(C(C)C)cc2B2c3sc4cc5c(cc4c3N(c3ccccc3C)c3cccc1c32)C(C)(C)CCC5(C)C. The van der Waals surface area contributed by atoms with Crippen molar-refractivity contribution in [3.8, 4) is 0 Å². The van der Waals surface area contributed by atoms with Gasteiger partial charge in [0.25, 0.3) is 6.71 Å². The number of thiophene rings is 1. The van der Waals surface area contributed by atoms with Crippen molar-refractivity contribution in [1.82, 2.24) is 0 Å². The van der Waals surface area contributed by atoms with Crippen molar-refractivity contribution in [2.75, 3.05) is 9.80 Å². The molecule has 1 aliphatic carbocycles. The smallest absolute Gasteiger partial charge is 0.264 e. The summed E-state index contributed by atoms with van der Waals surface area (Å²) in [6.45, 7) is 19.1. The molecule has 5 aromatic carbocycles. The molecule has 0 saturated heterocycles. The zero-order valence-corrected chi connectivity index (χ0v) is 30.9. The molecular weight excluding hydrogens is 611 g/mol. The summed E-state index contributed by atoms with van der Waals surface area (Å²) in [5, 5.41) is 1.40. The van der Waals surface area contributed by atoms with Crippen molar-refractivity contribution >= 4 is 78.0 Å². The van der Waals surface area contributed by atoms with Crippen LogP contribution in [0.25, 0.3) is 10.1 Å². The van der Waals surface area contributed by atoms with Crippen molar-refractivity contribution in [1.29, 1.82) is 0 Å². The fraction of sp³-hybridized carbons (Fsp3) is 0.289. The molecule has 0 fully saturated rings. The maximum Gasteiger partial charge on any atom is 0.264 e. The molecule has 244 valence electrons. The van der Waals surface area contributed by atoms with Crippen LogP contribution in [-0.2, 0) is 10.8 Å². The second-order valence-electron chi connectivity index (χ2n) is 16.3. The van der Waals surface area contributed by atoms with E-state index in [0.29, 0.717) is 5.92 Å². The van der Waals surface area contributed by atoms with Gasteiger partial charge >= 0.3 is 0 Å². The molecule has 1 aromatic heterocycles. The number of nitrogens with zero attached hydrogens (tertiary/aromatic N) is 2. The first kappa shape index (κ1) is 30.8. The van der Waals surface area contributed by atoms with Crippen molar-refractivity contribution in [3.63, 3.8) is 0 Å². The summed E-state index contributed by atoms with van der Waals surface area (Å²) < 4.78 is 2.87. The lowest BCUT2D eigenvalue weighted by molar-refractivity contribution is 0.332. The number of fused-ring (bicyclic) bond motifs is 7. The number of aryl methyl sites for hydroxylation is 2. The van der Waals surface area contributed by atoms with E-state index in [0.717, 1.165) is 0 Å². The van der Waals surface area contributed by atoms with Gasteiger partial charge in [0, 0.05) is 43.3 Å². The molecule has 0 radical (unpaired) electrons. The van der Waals surface area contributed by atoms with E-state index >= 15 is 0 Å². The topological polar surface area (TPSA) is 6.48 Å². The third kappa shape index (κ3) is 4.39. The predicted molar refractivity (Wildman–Crippen MR) is 215 cm³/mol. The molecule has 0 atom stereocenters. The van der Waals surface area contributed by atoms with Gasteiger partial charge in [0.05, 0.1) is 5.69 Å². The Morgan fingerprint density at radius 1 is 0.633 bits per heavy atom. The van der Waals surface area contributed by atoms with Crippen LogP contribution in [0.3, 0.4) is 0 Å². The Balaban J connectivity index is 1.43. The molecule has 0 amide bonds. The second-order valence-corrected chi connectivity index (χ2v) is 17.4. The second kappa shape index (κ2) is 10.6. The van der Waals surface area contributed by atoms with Gasteiger partial charge < -0.3 is 9.80 Å². The fourth-order valence-corrected chi connectivity index (χ4v) is 10.3. The number of para-hydroxylation sites is 2. The quantitative estimate of drug-likeness (QED) is 0.175. The van der Waals surface area contributed by atoms with Crippen LogP contribution < -0.4 is 25.5 Å². The lowest BCUT2D eigenvalue weighted by Crippen LogP contribution is -2.60. The molecule has 3 aliphatic rings. The summed E-state index contributed by atoms with van der Waals surface area (Å²) in [5.74, 6) is 0.443. The van der Waals surface area contributed by atoms with Gasteiger partial charge in [0.2, 0.25) is 0 Å². The normalized spacial score (nSPS) is 16.8. The Hall–Kier alpha value is -4.28. The van der Waals surface area contributed by atoms with Gasteiger partial charge in [-0.05, 0) is 125 Å². The summed E-state index contributed by atoms with van der Waals surface area (Å²) in [5.41, 5.74) is 17.9. The predicted octanol–water partition coefficient (Wildman–Crippen LogP) is 11.1. The molecular formula is C45H45BN2S. The first-order chi connectivity index (χ1) is 23.5. The summed E-state index contributed by atoms with van der Waals surface area (Å²) in [4.78, 5) is 5.17. The molecule has 6 aromatic rings. The maximum atomic E-state index is 2.62. The molecule has 2 aliphatic heterocycles. The number of anilines is 6. The summed E-state index contributed by atoms with van der Waals surface area (Å²) >= 11 is 2.03. The highest BCUT2D eigenvalue weighted by Gasteiger charge is 2.46. The van der Waals surface area contributed by atoms with Gasteiger partial charge in [-0.15, -0.1) is 11.3 Å². The lowest BCUT2D eigenvalue weighted by atomic mass is 9.36. The molecule has 0 N–H and O–H groups in total.